The number of nitrogens with one attached hydrogen (secondary N) is 1. The number of amides is 1. The van der Waals surface area contributed by atoms with Crippen molar-refractivity contribution in [1.82, 2.24) is 5.32 Å². The molecule has 9 nitrogen and oxygen atoms in total. The molecule has 258 valence electrons. The summed E-state index contributed by atoms with van der Waals surface area (Å²) in [4.78, 5) is 12.8. The van der Waals surface area contributed by atoms with Gasteiger partial charge in [0.25, 0.3) is 0 Å². The molecular formula is C35H65NO8. The second-order valence-corrected chi connectivity index (χ2v) is 12.3. The minimum absolute atomic E-state index is 0.193. The van der Waals surface area contributed by atoms with Crippen molar-refractivity contribution >= 4 is 5.91 Å². The summed E-state index contributed by atoms with van der Waals surface area (Å²) in [5, 5.41) is 53.6. The fraction of sp³-hybridized carbons (Fsp3) is 0.857. The third-order valence-corrected chi connectivity index (χ3v) is 8.28. The van der Waals surface area contributed by atoms with Crippen molar-refractivity contribution in [2.45, 2.75) is 179 Å². The van der Waals surface area contributed by atoms with E-state index < -0.39 is 49.5 Å². The average Bonchev–Trinajstić information content (AvgIpc) is 3.02. The van der Waals surface area contributed by atoms with Crippen LogP contribution in [0.1, 0.15) is 136 Å². The molecule has 0 aliphatic carbocycles. The van der Waals surface area contributed by atoms with Crippen molar-refractivity contribution < 1.29 is 39.8 Å². The van der Waals surface area contributed by atoms with Crippen LogP contribution in [-0.4, -0.2) is 87.5 Å². The first-order chi connectivity index (χ1) is 21.3. The lowest BCUT2D eigenvalue weighted by atomic mass is 9.99. The normalized spacial score (nSPS) is 23.8. The van der Waals surface area contributed by atoms with Crippen LogP contribution in [0.5, 0.6) is 0 Å². The number of hydrogen-bond donors (Lipinski definition) is 6. The van der Waals surface area contributed by atoms with Gasteiger partial charge in [0, 0.05) is 6.42 Å². The number of aliphatic hydroxyl groups excluding tert-OH is 5. The Bertz CT molecular complexity index is 746. The summed E-state index contributed by atoms with van der Waals surface area (Å²) in [5.41, 5.74) is 0. The summed E-state index contributed by atoms with van der Waals surface area (Å²) in [7, 11) is 0. The summed E-state index contributed by atoms with van der Waals surface area (Å²) in [6.07, 6.45) is 21.0. The maximum Gasteiger partial charge on any atom is 0.220 e. The van der Waals surface area contributed by atoms with Gasteiger partial charge in [-0.15, -0.1) is 0 Å². The van der Waals surface area contributed by atoms with Gasteiger partial charge < -0.3 is 40.3 Å². The molecule has 0 radical (unpaired) electrons. The van der Waals surface area contributed by atoms with Gasteiger partial charge in [0.05, 0.1) is 25.4 Å². The van der Waals surface area contributed by atoms with E-state index in [0.29, 0.717) is 6.42 Å². The van der Waals surface area contributed by atoms with Crippen molar-refractivity contribution in [3.8, 4) is 0 Å². The van der Waals surface area contributed by atoms with Crippen LogP contribution in [0.4, 0.5) is 0 Å². The van der Waals surface area contributed by atoms with Gasteiger partial charge in [-0.3, -0.25) is 4.79 Å². The van der Waals surface area contributed by atoms with E-state index in [1.165, 1.54) is 70.6 Å². The second kappa shape index (κ2) is 26.8. The third-order valence-electron chi connectivity index (χ3n) is 8.28. The number of hydrogen-bond acceptors (Lipinski definition) is 8. The lowest BCUT2D eigenvalue weighted by molar-refractivity contribution is -0.302. The molecule has 1 aliphatic heterocycles. The molecule has 1 fully saturated rings. The zero-order valence-electron chi connectivity index (χ0n) is 27.7. The predicted molar refractivity (Wildman–Crippen MR) is 175 cm³/mol. The highest BCUT2D eigenvalue weighted by atomic mass is 16.7. The Morgan fingerprint density at radius 3 is 1.89 bits per heavy atom. The topological polar surface area (TPSA) is 149 Å². The Morgan fingerprint density at radius 2 is 1.30 bits per heavy atom. The smallest absolute Gasteiger partial charge is 0.220 e. The first-order valence-electron chi connectivity index (χ1n) is 17.6. The Kier molecular flexibility index (Phi) is 24.8. The van der Waals surface area contributed by atoms with Gasteiger partial charge in [0.1, 0.15) is 24.4 Å². The number of carbonyl (C=O) groups is 1. The molecular weight excluding hydrogens is 562 g/mol. The van der Waals surface area contributed by atoms with Crippen molar-refractivity contribution in [3.63, 3.8) is 0 Å². The summed E-state index contributed by atoms with van der Waals surface area (Å²) in [5.74, 6) is -0.193. The minimum Gasteiger partial charge on any atom is -0.394 e. The summed E-state index contributed by atoms with van der Waals surface area (Å²) in [6, 6.07) is -0.812. The Hall–Kier alpha value is -1.33. The van der Waals surface area contributed by atoms with E-state index in [9.17, 15) is 30.3 Å². The molecule has 0 aromatic rings. The monoisotopic (exact) mass is 627 g/mol. The highest BCUT2D eigenvalue weighted by Crippen LogP contribution is 2.22. The quantitative estimate of drug-likeness (QED) is 0.0537. The van der Waals surface area contributed by atoms with Crippen molar-refractivity contribution in [2.75, 3.05) is 13.2 Å². The molecule has 1 heterocycles. The first-order valence-corrected chi connectivity index (χ1v) is 17.6. The molecule has 0 spiro atoms. The van der Waals surface area contributed by atoms with Crippen molar-refractivity contribution in [1.29, 1.82) is 0 Å². The number of unbranched alkanes of at least 4 members (excludes halogenated alkanes) is 15. The molecule has 1 amide bonds. The van der Waals surface area contributed by atoms with E-state index in [4.69, 9.17) is 9.47 Å². The lowest BCUT2D eigenvalue weighted by Crippen LogP contribution is -2.60. The van der Waals surface area contributed by atoms with Gasteiger partial charge in [-0.25, -0.2) is 0 Å². The van der Waals surface area contributed by atoms with Gasteiger partial charge in [-0.2, -0.15) is 0 Å². The molecule has 6 N–H and O–H groups in total. The summed E-state index contributed by atoms with van der Waals surface area (Å²) in [6.45, 7) is 3.64. The van der Waals surface area contributed by atoms with E-state index in [1.807, 2.05) is 6.08 Å². The fourth-order valence-corrected chi connectivity index (χ4v) is 5.33. The molecule has 1 rings (SSSR count). The molecule has 0 aromatic carbocycles. The highest BCUT2D eigenvalue weighted by Gasteiger charge is 2.44. The molecule has 44 heavy (non-hydrogen) atoms. The minimum atomic E-state index is -1.57. The number of aliphatic hydroxyl groups is 5. The van der Waals surface area contributed by atoms with E-state index >= 15 is 0 Å². The van der Waals surface area contributed by atoms with E-state index in [1.54, 1.807) is 6.08 Å². The zero-order valence-corrected chi connectivity index (χ0v) is 27.7. The standard InChI is InChI=1S/C35H65NO8/c1-3-5-7-9-11-13-14-15-16-17-19-21-23-25-31(39)36-28(29(38)24-22-20-18-12-10-8-6-4-2)27-43-35-34(42)33(41)32(40)30(26-37)44-35/h10,12,22,24,28-30,32-35,37-38,40-42H,3-9,11,13-21,23,25-27H2,1-2H3,(H,36,39)/b12-10+,24-22+. The lowest BCUT2D eigenvalue weighted by Gasteiger charge is -2.40. The van der Waals surface area contributed by atoms with Crippen LogP contribution in [-0.2, 0) is 14.3 Å². The number of rotatable bonds is 27. The van der Waals surface area contributed by atoms with Crippen LogP contribution in [0.2, 0.25) is 0 Å². The van der Waals surface area contributed by atoms with E-state index in [-0.39, 0.29) is 12.5 Å². The van der Waals surface area contributed by atoms with E-state index in [0.717, 1.165) is 44.9 Å². The van der Waals surface area contributed by atoms with Crippen molar-refractivity contribution in [2.24, 2.45) is 0 Å². The molecule has 1 saturated heterocycles. The summed E-state index contributed by atoms with van der Waals surface area (Å²) >= 11 is 0. The molecule has 0 saturated carbocycles. The van der Waals surface area contributed by atoms with Crippen LogP contribution < -0.4 is 5.32 Å². The van der Waals surface area contributed by atoms with Gasteiger partial charge >= 0.3 is 0 Å². The van der Waals surface area contributed by atoms with Crippen LogP contribution >= 0.6 is 0 Å². The molecule has 1 aliphatic rings. The Labute approximate surface area is 267 Å². The largest absolute Gasteiger partial charge is 0.394 e. The zero-order chi connectivity index (χ0) is 32.4. The Morgan fingerprint density at radius 1 is 0.750 bits per heavy atom. The fourth-order valence-electron chi connectivity index (χ4n) is 5.33. The van der Waals surface area contributed by atoms with Crippen LogP contribution in [0, 0.1) is 0 Å². The van der Waals surface area contributed by atoms with E-state index in [2.05, 4.69) is 31.3 Å². The maximum absolute atomic E-state index is 12.8. The highest BCUT2D eigenvalue weighted by molar-refractivity contribution is 5.76. The Balaban J connectivity index is 2.48. The maximum atomic E-state index is 12.8. The third kappa shape index (κ3) is 18.6. The number of carbonyl (C=O) groups excluding carboxylic acids is 1. The molecule has 7 unspecified atom stereocenters. The van der Waals surface area contributed by atoms with Crippen LogP contribution in [0.15, 0.2) is 24.3 Å². The number of ether oxygens (including phenoxy) is 2. The van der Waals surface area contributed by atoms with Gasteiger partial charge in [0.2, 0.25) is 5.91 Å². The molecule has 0 aromatic heterocycles. The van der Waals surface area contributed by atoms with Gasteiger partial charge in [0.15, 0.2) is 6.29 Å². The molecule has 9 heteroatoms. The predicted octanol–water partition coefficient (Wildman–Crippen LogP) is 5.21. The SMILES string of the molecule is CCCC/C=C/CC/C=C/C(O)C(COC1OC(CO)C(O)C(O)C1O)NC(=O)CCCCCCCCCCCCCCC. The molecule has 7 atom stereocenters. The summed E-state index contributed by atoms with van der Waals surface area (Å²) < 4.78 is 11.1. The first kappa shape index (κ1) is 40.7. The van der Waals surface area contributed by atoms with Crippen LogP contribution in [0.25, 0.3) is 0 Å². The van der Waals surface area contributed by atoms with Gasteiger partial charge in [-0.05, 0) is 25.7 Å². The second-order valence-electron chi connectivity index (χ2n) is 12.3. The van der Waals surface area contributed by atoms with Crippen molar-refractivity contribution in [3.05, 3.63) is 24.3 Å². The van der Waals surface area contributed by atoms with Crippen LogP contribution in [0.3, 0.4) is 0 Å². The number of allylic oxidation sites excluding steroid dienone is 3. The van der Waals surface area contributed by atoms with Gasteiger partial charge in [-0.1, -0.05) is 128 Å². The molecule has 0 bridgehead atoms. The average molecular weight is 628 g/mol.